The maximum atomic E-state index is 9.75. The number of nitrogens with one attached hydrogen (secondary N) is 1. The summed E-state index contributed by atoms with van der Waals surface area (Å²) in [6.45, 7) is 0. The molecule has 0 spiro atoms. The maximum absolute atomic E-state index is 9.75. The molecule has 0 saturated heterocycles. The van der Waals surface area contributed by atoms with Gasteiger partial charge in [0.2, 0.25) is 0 Å². The third-order valence-corrected chi connectivity index (χ3v) is 1.28. The molecule has 0 rings (SSSR count). The lowest BCUT2D eigenvalue weighted by Crippen LogP contribution is -2.22. The number of rotatable bonds is 3. The molecule has 5 heteroatoms. The lowest BCUT2D eigenvalue weighted by Gasteiger charge is -1.98. The van der Waals surface area contributed by atoms with Gasteiger partial charge >= 0.3 is 0 Å². The highest BCUT2D eigenvalue weighted by atomic mass is 32.2. The molecule has 0 aromatic rings. The summed E-state index contributed by atoms with van der Waals surface area (Å²) in [7, 11) is 0. The van der Waals surface area contributed by atoms with E-state index in [0.717, 1.165) is 11.8 Å². The molecular formula is C4H7N2O2S-. The normalized spacial score (nSPS) is 8.89. The highest BCUT2D eigenvalue weighted by Gasteiger charge is 1.89. The van der Waals surface area contributed by atoms with Crippen LogP contribution in [-0.2, 0) is 4.79 Å². The molecule has 0 bridgehead atoms. The number of carbonyl (C=O) groups excluding carboxylic acids is 1. The van der Waals surface area contributed by atoms with Crippen molar-refractivity contribution in [1.29, 1.82) is 5.41 Å². The molecule has 0 aliphatic rings. The minimum Gasteiger partial charge on any atom is -0.550 e. The zero-order valence-electron chi connectivity index (χ0n) is 4.72. The molecule has 52 valence electrons. The molecule has 0 amide bonds. The summed E-state index contributed by atoms with van der Waals surface area (Å²) in [6.07, 6.45) is -0.0513. The van der Waals surface area contributed by atoms with Crippen LogP contribution in [0.15, 0.2) is 0 Å². The molecule has 0 atom stereocenters. The van der Waals surface area contributed by atoms with Crippen LogP contribution in [0.3, 0.4) is 0 Å². The van der Waals surface area contributed by atoms with Crippen molar-refractivity contribution in [2.45, 2.75) is 6.42 Å². The van der Waals surface area contributed by atoms with E-state index in [2.05, 4.69) is 0 Å². The number of hydrogen-bond acceptors (Lipinski definition) is 4. The summed E-state index contributed by atoms with van der Waals surface area (Å²) in [5, 5.41) is 16.4. The zero-order valence-corrected chi connectivity index (χ0v) is 5.53. The molecule has 3 N–H and O–H groups in total. The minimum atomic E-state index is -1.11. The molecular weight excluding hydrogens is 140 g/mol. The number of thioether (sulfide) groups is 1. The number of aliphatic carboxylic acids is 1. The number of amidine groups is 1. The Balaban J connectivity index is 3.10. The summed E-state index contributed by atoms with van der Waals surface area (Å²) < 4.78 is 0. The van der Waals surface area contributed by atoms with E-state index in [0.29, 0.717) is 5.75 Å². The zero-order chi connectivity index (χ0) is 7.28. The van der Waals surface area contributed by atoms with Gasteiger partial charge in [0.1, 0.15) is 0 Å². The number of carboxylic acids is 1. The molecule has 0 saturated carbocycles. The van der Waals surface area contributed by atoms with Crippen molar-refractivity contribution in [2.75, 3.05) is 5.75 Å². The molecule has 4 nitrogen and oxygen atoms in total. The lowest BCUT2D eigenvalue weighted by molar-refractivity contribution is -0.305. The van der Waals surface area contributed by atoms with Crippen molar-refractivity contribution in [3.05, 3.63) is 0 Å². The fourth-order valence-corrected chi connectivity index (χ4v) is 0.733. The summed E-state index contributed by atoms with van der Waals surface area (Å²) in [5.74, 6) is -0.791. The van der Waals surface area contributed by atoms with Gasteiger partial charge in [-0.3, -0.25) is 5.41 Å². The van der Waals surface area contributed by atoms with Crippen LogP contribution < -0.4 is 10.8 Å². The number of carboxylic acid groups (broad SMARTS) is 1. The van der Waals surface area contributed by atoms with Crippen molar-refractivity contribution in [2.24, 2.45) is 5.73 Å². The number of hydrogen-bond donors (Lipinski definition) is 2. The van der Waals surface area contributed by atoms with Gasteiger partial charge in [0, 0.05) is 11.7 Å². The van der Waals surface area contributed by atoms with E-state index in [9.17, 15) is 9.90 Å². The Labute approximate surface area is 56.9 Å². The lowest BCUT2D eigenvalue weighted by atomic mass is 10.5. The van der Waals surface area contributed by atoms with Crippen LogP contribution in [0.1, 0.15) is 6.42 Å². The van der Waals surface area contributed by atoms with Crippen molar-refractivity contribution >= 4 is 22.9 Å². The summed E-state index contributed by atoms with van der Waals surface area (Å²) in [6, 6.07) is 0. The predicted molar refractivity (Wildman–Crippen MR) is 34.0 cm³/mol. The van der Waals surface area contributed by atoms with Crippen LogP contribution in [0, 0.1) is 5.41 Å². The van der Waals surface area contributed by atoms with Gasteiger partial charge in [-0.15, -0.1) is 0 Å². The van der Waals surface area contributed by atoms with E-state index in [1.54, 1.807) is 0 Å². The predicted octanol–water partition coefficient (Wildman–Crippen LogP) is -1.25. The molecule has 0 fully saturated rings. The quantitative estimate of drug-likeness (QED) is 0.385. The molecule has 0 radical (unpaired) electrons. The van der Waals surface area contributed by atoms with Gasteiger partial charge in [-0.2, -0.15) is 0 Å². The van der Waals surface area contributed by atoms with Crippen molar-refractivity contribution < 1.29 is 9.90 Å². The highest BCUT2D eigenvalue weighted by molar-refractivity contribution is 8.13. The van der Waals surface area contributed by atoms with E-state index < -0.39 is 5.97 Å². The molecule has 0 aliphatic heterocycles. The average Bonchev–Trinajstić information content (AvgIpc) is 1.63. The molecule has 0 unspecified atom stereocenters. The van der Waals surface area contributed by atoms with Crippen molar-refractivity contribution in [3.63, 3.8) is 0 Å². The van der Waals surface area contributed by atoms with Crippen LogP contribution in [0.4, 0.5) is 0 Å². The van der Waals surface area contributed by atoms with Crippen LogP contribution in [0.5, 0.6) is 0 Å². The average molecular weight is 147 g/mol. The van der Waals surface area contributed by atoms with Gasteiger partial charge in [-0.1, -0.05) is 11.8 Å². The molecule has 0 aromatic heterocycles. The Kier molecular flexibility index (Phi) is 3.87. The van der Waals surface area contributed by atoms with Crippen LogP contribution in [0.2, 0.25) is 0 Å². The third kappa shape index (κ3) is 7.29. The van der Waals surface area contributed by atoms with Crippen LogP contribution in [0.25, 0.3) is 0 Å². The second-order valence-corrected chi connectivity index (χ2v) is 2.47. The standard InChI is InChI=1S/C4H8N2O2S/c5-4(6)9-2-1-3(7)8/h1-2H2,(H3,5,6)(H,7,8)/p-1. The Morgan fingerprint density at radius 2 is 2.33 bits per heavy atom. The first-order valence-corrected chi connectivity index (χ1v) is 3.28. The molecule has 0 heterocycles. The first-order chi connectivity index (χ1) is 4.13. The molecule has 9 heavy (non-hydrogen) atoms. The first kappa shape index (κ1) is 8.29. The van der Waals surface area contributed by atoms with E-state index in [1.165, 1.54) is 0 Å². The smallest absolute Gasteiger partial charge is 0.151 e. The number of carbonyl (C=O) groups is 1. The Morgan fingerprint density at radius 1 is 1.78 bits per heavy atom. The van der Waals surface area contributed by atoms with E-state index in [4.69, 9.17) is 11.1 Å². The highest BCUT2D eigenvalue weighted by Crippen LogP contribution is 1.98. The van der Waals surface area contributed by atoms with Crippen LogP contribution in [-0.4, -0.2) is 16.9 Å². The second-order valence-electron chi connectivity index (χ2n) is 1.33. The summed E-state index contributed by atoms with van der Waals surface area (Å²) in [5.41, 5.74) is 4.91. The van der Waals surface area contributed by atoms with E-state index in [-0.39, 0.29) is 11.6 Å². The summed E-state index contributed by atoms with van der Waals surface area (Å²) >= 11 is 1.000. The first-order valence-electron chi connectivity index (χ1n) is 2.29. The number of nitrogens with two attached hydrogens (primary N) is 1. The van der Waals surface area contributed by atoms with E-state index >= 15 is 0 Å². The van der Waals surface area contributed by atoms with Gasteiger partial charge < -0.3 is 15.6 Å². The SMILES string of the molecule is N=C(N)SCCC(=O)[O-]. The van der Waals surface area contributed by atoms with Gasteiger partial charge in [0.25, 0.3) is 0 Å². The third-order valence-electron chi connectivity index (χ3n) is 0.564. The minimum absolute atomic E-state index is 0.0513. The van der Waals surface area contributed by atoms with Crippen LogP contribution >= 0.6 is 11.8 Å². The second kappa shape index (κ2) is 4.20. The molecule has 0 aromatic carbocycles. The van der Waals surface area contributed by atoms with Gasteiger partial charge in [0.05, 0.1) is 0 Å². The van der Waals surface area contributed by atoms with Crippen molar-refractivity contribution in [3.8, 4) is 0 Å². The fraction of sp³-hybridized carbons (Fsp3) is 0.500. The summed E-state index contributed by atoms with van der Waals surface area (Å²) in [4.78, 5) is 9.75. The Bertz CT molecular complexity index is 112. The molecule has 0 aliphatic carbocycles. The van der Waals surface area contributed by atoms with Crippen molar-refractivity contribution in [1.82, 2.24) is 0 Å². The van der Waals surface area contributed by atoms with Gasteiger partial charge in [0.15, 0.2) is 5.17 Å². The Hall–Kier alpha value is -0.710. The monoisotopic (exact) mass is 147 g/mol. The van der Waals surface area contributed by atoms with Gasteiger partial charge in [-0.25, -0.2) is 0 Å². The fourth-order valence-electron chi connectivity index (χ4n) is 0.244. The largest absolute Gasteiger partial charge is 0.550 e. The van der Waals surface area contributed by atoms with E-state index in [1.807, 2.05) is 0 Å². The maximum Gasteiger partial charge on any atom is 0.151 e. The topological polar surface area (TPSA) is 90.0 Å². The van der Waals surface area contributed by atoms with Gasteiger partial charge in [-0.05, 0) is 6.42 Å². The Morgan fingerprint density at radius 3 is 2.67 bits per heavy atom.